The number of carbonyl (C=O) groups is 1. The van der Waals surface area contributed by atoms with Crippen molar-refractivity contribution in [3.8, 4) is 0 Å². The van der Waals surface area contributed by atoms with Gasteiger partial charge in [-0.15, -0.1) is 0 Å². The van der Waals surface area contributed by atoms with Crippen LogP contribution in [-0.2, 0) is 9.47 Å². The minimum Gasteiger partial charge on any atom is -0.435 e. The van der Waals surface area contributed by atoms with E-state index in [9.17, 15) is 4.79 Å². The second kappa shape index (κ2) is 7.54. The van der Waals surface area contributed by atoms with Gasteiger partial charge in [-0.3, -0.25) is 0 Å². The summed E-state index contributed by atoms with van der Waals surface area (Å²) in [5.41, 5.74) is 1.13. The molecule has 0 N–H and O–H groups in total. The number of rotatable bonds is 6. The van der Waals surface area contributed by atoms with Crippen LogP contribution in [0.4, 0.5) is 10.5 Å². The van der Waals surface area contributed by atoms with Crippen molar-refractivity contribution in [1.29, 1.82) is 0 Å². The molecular weight excluding hydrogens is 218 g/mol. The van der Waals surface area contributed by atoms with Crippen LogP contribution in [0.3, 0.4) is 0 Å². The third kappa shape index (κ3) is 4.76. The summed E-state index contributed by atoms with van der Waals surface area (Å²) in [5.74, 6) is 0. The number of benzene rings is 1. The summed E-state index contributed by atoms with van der Waals surface area (Å²) in [6.07, 6.45) is -0.600. The third-order valence-electron chi connectivity index (χ3n) is 2.35. The normalized spacial score (nSPS) is 9.76. The predicted molar refractivity (Wildman–Crippen MR) is 67.3 cm³/mol. The summed E-state index contributed by atoms with van der Waals surface area (Å²) in [6, 6.07) is 10.0. The first kappa shape index (κ1) is 13.4. The number of anilines is 1. The molecule has 17 heavy (non-hydrogen) atoms. The van der Waals surface area contributed by atoms with Crippen LogP contribution in [0, 0.1) is 0 Å². The van der Waals surface area contributed by atoms with E-state index in [2.05, 4.69) is 16.6 Å². The maximum Gasteiger partial charge on any atom is 0.508 e. The number of carbonyl (C=O) groups excluding carboxylic acids is 1. The molecule has 1 rings (SSSR count). The van der Waals surface area contributed by atoms with Crippen molar-refractivity contribution >= 4 is 11.8 Å². The first-order valence-electron chi connectivity index (χ1n) is 5.87. The van der Waals surface area contributed by atoms with E-state index in [1.807, 2.05) is 30.3 Å². The van der Waals surface area contributed by atoms with E-state index in [1.165, 1.54) is 0 Å². The number of nitrogens with zero attached hydrogens (tertiary/aromatic N) is 1. The minimum atomic E-state index is -0.600. The number of para-hydroxylation sites is 1. The Morgan fingerprint density at radius 2 is 1.88 bits per heavy atom. The van der Waals surface area contributed by atoms with Crippen molar-refractivity contribution in [2.75, 3.05) is 31.2 Å². The van der Waals surface area contributed by atoms with E-state index >= 15 is 0 Å². The summed E-state index contributed by atoms with van der Waals surface area (Å²) < 4.78 is 9.62. The quantitative estimate of drug-likeness (QED) is 0.713. The fraction of sp³-hybridized carbons (Fsp3) is 0.462. The number of hydrogen-bond donors (Lipinski definition) is 0. The smallest absolute Gasteiger partial charge is 0.435 e. The van der Waals surface area contributed by atoms with E-state index in [0.717, 1.165) is 12.2 Å². The van der Waals surface area contributed by atoms with Crippen molar-refractivity contribution in [2.45, 2.75) is 13.8 Å². The summed E-state index contributed by atoms with van der Waals surface area (Å²) >= 11 is 0. The Balaban J connectivity index is 2.36. The highest BCUT2D eigenvalue weighted by Crippen LogP contribution is 2.12. The van der Waals surface area contributed by atoms with E-state index in [-0.39, 0.29) is 0 Å². The average molecular weight is 237 g/mol. The lowest BCUT2D eigenvalue weighted by Crippen LogP contribution is -2.28. The van der Waals surface area contributed by atoms with Crippen LogP contribution in [0.15, 0.2) is 30.3 Å². The molecule has 1 aromatic carbocycles. The maximum atomic E-state index is 11.0. The molecule has 94 valence electrons. The molecule has 0 saturated carbocycles. The number of likely N-dealkylation sites (N-methyl/N-ethyl adjacent to an activating group) is 1. The molecule has 1 aromatic rings. The zero-order chi connectivity index (χ0) is 12.5. The molecule has 0 fully saturated rings. The van der Waals surface area contributed by atoms with Crippen LogP contribution in [0.2, 0.25) is 0 Å². The van der Waals surface area contributed by atoms with E-state index < -0.39 is 6.16 Å². The summed E-state index contributed by atoms with van der Waals surface area (Å²) in [7, 11) is 0. The SMILES string of the molecule is CCOC(=O)OCCN(CC)c1ccccc1. The topological polar surface area (TPSA) is 38.8 Å². The van der Waals surface area contributed by atoms with Gasteiger partial charge in [-0.1, -0.05) is 18.2 Å². The molecule has 0 heterocycles. The Morgan fingerprint density at radius 1 is 1.18 bits per heavy atom. The molecule has 0 atom stereocenters. The van der Waals surface area contributed by atoms with Crippen molar-refractivity contribution in [1.82, 2.24) is 0 Å². The van der Waals surface area contributed by atoms with E-state index in [0.29, 0.717) is 19.8 Å². The van der Waals surface area contributed by atoms with Crippen LogP contribution in [0.5, 0.6) is 0 Å². The maximum absolute atomic E-state index is 11.0. The van der Waals surface area contributed by atoms with Crippen LogP contribution < -0.4 is 4.90 Å². The standard InChI is InChI=1S/C13H19NO3/c1-3-14(12-8-6-5-7-9-12)10-11-17-13(15)16-4-2/h5-9H,3-4,10-11H2,1-2H3. The molecular formula is C13H19NO3. The first-order chi connectivity index (χ1) is 8.27. The molecule has 0 aromatic heterocycles. The molecule has 4 nitrogen and oxygen atoms in total. The van der Waals surface area contributed by atoms with Gasteiger partial charge in [-0.2, -0.15) is 0 Å². The molecule has 0 bridgehead atoms. The first-order valence-corrected chi connectivity index (χ1v) is 5.87. The van der Waals surface area contributed by atoms with Crippen LogP contribution in [0.1, 0.15) is 13.8 Å². The number of hydrogen-bond acceptors (Lipinski definition) is 4. The lowest BCUT2D eigenvalue weighted by molar-refractivity contribution is 0.0610. The Bertz CT molecular complexity index is 327. The highest BCUT2D eigenvalue weighted by molar-refractivity contribution is 5.59. The molecule has 0 unspecified atom stereocenters. The molecule has 0 amide bonds. The molecule has 0 saturated heterocycles. The Hall–Kier alpha value is -1.71. The van der Waals surface area contributed by atoms with Gasteiger partial charge in [0.15, 0.2) is 0 Å². The summed E-state index contributed by atoms with van der Waals surface area (Å²) in [4.78, 5) is 13.1. The second-order valence-electron chi connectivity index (χ2n) is 3.45. The van der Waals surface area contributed by atoms with Crippen LogP contribution in [0.25, 0.3) is 0 Å². The van der Waals surface area contributed by atoms with Gasteiger partial charge in [0.1, 0.15) is 6.61 Å². The Morgan fingerprint density at radius 3 is 2.47 bits per heavy atom. The molecule has 0 aliphatic heterocycles. The summed E-state index contributed by atoms with van der Waals surface area (Å²) in [6.45, 7) is 6.03. The fourth-order valence-electron chi connectivity index (χ4n) is 1.51. The molecule has 0 aliphatic rings. The molecule has 0 aliphatic carbocycles. The van der Waals surface area contributed by atoms with Crippen molar-refractivity contribution in [3.63, 3.8) is 0 Å². The Kier molecular flexibility index (Phi) is 5.93. The monoisotopic (exact) mass is 237 g/mol. The zero-order valence-electron chi connectivity index (χ0n) is 10.4. The van der Waals surface area contributed by atoms with Gasteiger partial charge in [-0.25, -0.2) is 4.79 Å². The summed E-state index contributed by atoms with van der Waals surface area (Å²) in [5, 5.41) is 0. The zero-order valence-corrected chi connectivity index (χ0v) is 10.4. The average Bonchev–Trinajstić information content (AvgIpc) is 2.36. The number of ether oxygens (including phenoxy) is 2. The van der Waals surface area contributed by atoms with Gasteiger partial charge >= 0.3 is 6.16 Å². The Labute approximate surface area is 102 Å². The third-order valence-corrected chi connectivity index (χ3v) is 2.35. The van der Waals surface area contributed by atoms with Gasteiger partial charge in [0.2, 0.25) is 0 Å². The largest absolute Gasteiger partial charge is 0.508 e. The van der Waals surface area contributed by atoms with Crippen molar-refractivity contribution < 1.29 is 14.3 Å². The van der Waals surface area contributed by atoms with Crippen molar-refractivity contribution in [3.05, 3.63) is 30.3 Å². The molecule has 4 heteroatoms. The van der Waals surface area contributed by atoms with Gasteiger partial charge in [0.05, 0.1) is 13.2 Å². The van der Waals surface area contributed by atoms with Gasteiger partial charge in [0.25, 0.3) is 0 Å². The van der Waals surface area contributed by atoms with E-state index in [1.54, 1.807) is 6.92 Å². The fourth-order valence-corrected chi connectivity index (χ4v) is 1.51. The van der Waals surface area contributed by atoms with Crippen LogP contribution >= 0.6 is 0 Å². The highest BCUT2D eigenvalue weighted by Gasteiger charge is 2.06. The van der Waals surface area contributed by atoms with Gasteiger partial charge in [0, 0.05) is 12.2 Å². The molecule has 0 radical (unpaired) electrons. The molecule has 0 spiro atoms. The lowest BCUT2D eigenvalue weighted by atomic mass is 10.3. The predicted octanol–water partition coefficient (Wildman–Crippen LogP) is 2.69. The lowest BCUT2D eigenvalue weighted by Gasteiger charge is -2.22. The van der Waals surface area contributed by atoms with Crippen molar-refractivity contribution in [2.24, 2.45) is 0 Å². The van der Waals surface area contributed by atoms with E-state index in [4.69, 9.17) is 4.74 Å². The highest BCUT2D eigenvalue weighted by atomic mass is 16.7. The van der Waals surface area contributed by atoms with Gasteiger partial charge in [-0.05, 0) is 26.0 Å². The van der Waals surface area contributed by atoms with Gasteiger partial charge < -0.3 is 14.4 Å². The minimum absolute atomic E-state index is 0.335. The second-order valence-corrected chi connectivity index (χ2v) is 3.45. The van der Waals surface area contributed by atoms with Crippen LogP contribution in [-0.4, -0.2) is 32.5 Å².